The Kier molecular flexibility index (Phi) is 18.0. The van der Waals surface area contributed by atoms with Crippen molar-refractivity contribution in [2.45, 2.75) is 65.2 Å². The zero-order chi connectivity index (χ0) is 53.0. The van der Waals surface area contributed by atoms with Gasteiger partial charge in [0.15, 0.2) is 0 Å². The molecule has 2 fully saturated rings. The molecule has 1 N–H and O–H groups in total. The lowest BCUT2D eigenvalue weighted by atomic mass is 10.1. The van der Waals surface area contributed by atoms with Crippen LogP contribution < -0.4 is 34.4 Å². The molecule has 0 aromatic heterocycles. The molecule has 75 heavy (non-hydrogen) atoms. The fourth-order valence-electron chi connectivity index (χ4n) is 9.78. The molecule has 0 atom stereocenters. The van der Waals surface area contributed by atoms with Crippen molar-refractivity contribution in [3.63, 3.8) is 0 Å². The van der Waals surface area contributed by atoms with Crippen molar-refractivity contribution >= 4 is 57.5 Å². The van der Waals surface area contributed by atoms with Crippen molar-refractivity contribution < 1.29 is 28.9 Å². The normalized spacial score (nSPS) is 15.1. The highest BCUT2D eigenvalue weighted by Crippen LogP contribution is 2.35. The van der Waals surface area contributed by atoms with Crippen molar-refractivity contribution in [2.24, 2.45) is 0 Å². The monoisotopic (exact) mass is 1040 g/mol. The number of nitrogens with one attached hydrogen (secondary N) is 1. The van der Waals surface area contributed by atoms with Crippen molar-refractivity contribution in [1.29, 1.82) is 0 Å². The largest absolute Gasteiger partial charge is 0.489 e. The summed E-state index contributed by atoms with van der Waals surface area (Å²) in [5.74, 6) is 2.10. The molecule has 2 saturated heterocycles. The lowest BCUT2D eigenvalue weighted by Crippen LogP contribution is -2.46. The number of nitro groups is 2. The smallest absolute Gasteiger partial charge is 0.269 e. The summed E-state index contributed by atoms with van der Waals surface area (Å²) >= 11 is 5.80. The van der Waals surface area contributed by atoms with Gasteiger partial charge in [-0.25, -0.2) is 0 Å². The zero-order valence-corrected chi connectivity index (χ0v) is 43.8. The van der Waals surface area contributed by atoms with Crippen LogP contribution in [0.1, 0.15) is 70.7 Å². The molecule has 392 valence electrons. The topological polar surface area (TPSA) is 167 Å². The Morgan fingerprint density at radius 2 is 1.00 bits per heavy atom. The number of fused-ring (bicyclic) bond motifs is 2. The third kappa shape index (κ3) is 13.6. The van der Waals surface area contributed by atoms with E-state index in [4.69, 9.17) is 21.1 Å². The number of para-hydroxylation sites is 4. The first-order valence-corrected chi connectivity index (χ1v) is 26.2. The van der Waals surface area contributed by atoms with Gasteiger partial charge in [-0.05, 0) is 123 Å². The van der Waals surface area contributed by atoms with Gasteiger partial charge >= 0.3 is 0 Å². The van der Waals surface area contributed by atoms with Gasteiger partial charge in [-0.3, -0.25) is 34.7 Å². The van der Waals surface area contributed by atoms with Gasteiger partial charge in [0.2, 0.25) is 0 Å². The molecule has 2 amide bonds. The number of anilines is 4. The molecule has 17 heteroatoms. The highest BCUT2D eigenvalue weighted by atomic mass is 35.5. The van der Waals surface area contributed by atoms with Crippen LogP contribution in [-0.2, 0) is 25.3 Å². The van der Waals surface area contributed by atoms with Crippen LogP contribution in [-0.4, -0.2) is 104 Å². The second kappa shape index (κ2) is 25.1. The van der Waals surface area contributed by atoms with E-state index in [0.29, 0.717) is 42.9 Å². The van der Waals surface area contributed by atoms with Gasteiger partial charge in [0.05, 0.1) is 33.4 Å². The van der Waals surface area contributed by atoms with Gasteiger partial charge < -0.3 is 34.4 Å². The van der Waals surface area contributed by atoms with E-state index in [0.717, 1.165) is 110 Å². The Morgan fingerprint density at radius 1 is 0.547 bits per heavy atom. The van der Waals surface area contributed by atoms with E-state index in [2.05, 4.69) is 70.3 Å². The minimum absolute atomic E-state index is 0.0530. The van der Waals surface area contributed by atoms with Crippen LogP contribution >= 0.6 is 11.6 Å². The zero-order valence-electron chi connectivity index (χ0n) is 43.0. The maximum absolute atomic E-state index is 13.3. The summed E-state index contributed by atoms with van der Waals surface area (Å²) in [4.78, 5) is 57.6. The number of non-ortho nitro benzene ring substituents is 2. The molecule has 0 bridgehead atoms. The van der Waals surface area contributed by atoms with E-state index in [9.17, 15) is 29.8 Å². The number of hydrogen-bond donors (Lipinski definition) is 1. The summed E-state index contributed by atoms with van der Waals surface area (Å²) in [6.07, 6.45) is 1.60. The van der Waals surface area contributed by atoms with E-state index in [1.807, 2.05) is 56.3 Å². The molecule has 6 aromatic carbocycles. The van der Waals surface area contributed by atoms with Gasteiger partial charge in [-0.15, -0.1) is 11.6 Å². The van der Waals surface area contributed by atoms with E-state index >= 15 is 0 Å². The highest BCUT2D eigenvalue weighted by Gasteiger charge is 2.29. The van der Waals surface area contributed by atoms with Crippen molar-refractivity contribution in [2.75, 3.05) is 85.0 Å². The first-order chi connectivity index (χ1) is 36.3. The quantitative estimate of drug-likeness (QED) is 0.0662. The van der Waals surface area contributed by atoms with Crippen LogP contribution in [0.4, 0.5) is 34.1 Å². The summed E-state index contributed by atoms with van der Waals surface area (Å²) < 4.78 is 11.9. The molecule has 4 heterocycles. The summed E-state index contributed by atoms with van der Waals surface area (Å²) in [6, 6.07) is 40.9. The van der Waals surface area contributed by atoms with E-state index < -0.39 is 9.85 Å². The number of rotatable bonds is 13. The molecule has 0 unspecified atom stereocenters. The molecular weight excluding hydrogens is 972 g/mol. The second-order valence-electron chi connectivity index (χ2n) is 19.4. The molecule has 4 aliphatic rings. The summed E-state index contributed by atoms with van der Waals surface area (Å²) in [6.45, 7) is 17.9. The summed E-state index contributed by atoms with van der Waals surface area (Å²) in [5.41, 5.74) is 8.85. The van der Waals surface area contributed by atoms with Crippen molar-refractivity contribution in [1.82, 2.24) is 10.2 Å². The molecule has 0 aliphatic carbocycles. The number of halogens is 1. The van der Waals surface area contributed by atoms with Crippen LogP contribution in [0.3, 0.4) is 0 Å². The molecule has 16 nitrogen and oxygen atoms in total. The third-order valence-corrected chi connectivity index (χ3v) is 13.7. The van der Waals surface area contributed by atoms with Gasteiger partial charge in [0.1, 0.15) is 11.5 Å². The fraction of sp³-hybridized carbons (Fsp3) is 0.345. The second-order valence-corrected chi connectivity index (χ2v) is 19.6. The average Bonchev–Trinajstić information content (AvgIpc) is 4.06. The van der Waals surface area contributed by atoms with Crippen molar-refractivity contribution in [3.05, 3.63) is 187 Å². The first kappa shape index (κ1) is 53.8. The van der Waals surface area contributed by atoms with Crippen LogP contribution in [0.25, 0.3) is 0 Å². The maximum atomic E-state index is 13.3. The Morgan fingerprint density at radius 3 is 1.47 bits per heavy atom. The SMILES string of the molecule is CC(C)Oc1ccccc1N1CCN(Cc2cccc(C(=O)N3CCc4cc([N+](=O)[O-])ccc43)c2)CC1.CC(C)Oc1ccccc1N1CCNCC1.O=C(c1cccc(CCl)c1)N1CCc2cc([N+](=O)[O-])ccc21. The number of carbonyl (C=O) groups is 2. The number of ether oxygens (including phenoxy) is 2. The lowest BCUT2D eigenvalue weighted by Gasteiger charge is -2.37. The predicted octanol–water partition coefficient (Wildman–Crippen LogP) is 10.3. The molecule has 10 rings (SSSR count). The predicted molar refractivity (Wildman–Crippen MR) is 296 cm³/mol. The van der Waals surface area contributed by atoms with Crippen LogP contribution in [0.5, 0.6) is 11.5 Å². The third-order valence-electron chi connectivity index (χ3n) is 13.4. The van der Waals surface area contributed by atoms with Crippen LogP contribution in [0.2, 0.25) is 0 Å². The van der Waals surface area contributed by atoms with E-state index in [1.165, 1.54) is 23.9 Å². The van der Waals surface area contributed by atoms with Crippen LogP contribution in [0.15, 0.2) is 133 Å². The Bertz CT molecular complexity index is 2980. The number of nitro benzene ring substituents is 2. The van der Waals surface area contributed by atoms with E-state index in [1.54, 1.807) is 46.2 Å². The molecule has 6 aromatic rings. The molecule has 0 saturated carbocycles. The van der Waals surface area contributed by atoms with Gasteiger partial charge in [0, 0.05) is 125 Å². The first-order valence-electron chi connectivity index (χ1n) is 25.6. The minimum Gasteiger partial charge on any atom is -0.489 e. The number of alkyl halides is 1. The number of benzene rings is 6. The molecule has 0 spiro atoms. The van der Waals surface area contributed by atoms with Gasteiger partial charge in [0.25, 0.3) is 23.2 Å². The summed E-state index contributed by atoms with van der Waals surface area (Å²) in [5, 5.41) is 25.3. The number of nitrogens with zero attached hydrogens (tertiary/aromatic N) is 7. The lowest BCUT2D eigenvalue weighted by molar-refractivity contribution is -0.385. The van der Waals surface area contributed by atoms with Gasteiger partial charge in [-0.2, -0.15) is 0 Å². The Hall–Kier alpha value is -7.53. The molecule has 0 radical (unpaired) electrons. The maximum Gasteiger partial charge on any atom is 0.269 e. The average molecular weight is 1040 g/mol. The van der Waals surface area contributed by atoms with Crippen LogP contribution in [0, 0.1) is 20.2 Å². The fourth-order valence-corrected chi connectivity index (χ4v) is 9.95. The Labute approximate surface area is 443 Å². The standard InChI is InChI=1S/C29H32N4O4.C16H13ClN2O3.C13H20N2O/c1-21(2)37-28-9-4-3-8-27(28)31-16-14-30(15-17-31)20-22-6-5-7-24(18-22)29(34)32-13-12-23-19-25(33(35)36)10-11-26(23)32;17-10-11-2-1-3-13(8-11)16(20)18-7-6-12-9-14(19(21)22)4-5-15(12)18;1-11(2)16-13-6-4-3-5-12(13)15-9-7-14-8-10-15/h3-11,18-19,21H,12-17,20H2,1-2H3;1-5,8-9H,6-7,10H2;3-6,11,14H,7-10H2,1-2H3. The minimum atomic E-state index is -0.422. The number of amides is 2. The highest BCUT2D eigenvalue weighted by molar-refractivity contribution is 6.17. The van der Waals surface area contributed by atoms with E-state index in [-0.39, 0.29) is 35.4 Å². The number of hydrogen-bond acceptors (Lipinski definition) is 12. The number of piperazine rings is 2. The van der Waals surface area contributed by atoms with Gasteiger partial charge in [-0.1, -0.05) is 48.5 Å². The number of carbonyl (C=O) groups excluding carboxylic acids is 2. The Balaban J connectivity index is 0.000000166. The van der Waals surface area contributed by atoms with Crippen molar-refractivity contribution in [3.8, 4) is 11.5 Å². The molecule has 4 aliphatic heterocycles. The summed E-state index contributed by atoms with van der Waals surface area (Å²) in [7, 11) is 0. The molecular formula is C58H65ClN8O8.